The summed E-state index contributed by atoms with van der Waals surface area (Å²) in [6.45, 7) is 1.34. The van der Waals surface area contributed by atoms with Crippen molar-refractivity contribution in [2.45, 2.75) is 12.8 Å². The molecule has 1 aromatic rings. The van der Waals surface area contributed by atoms with Crippen molar-refractivity contribution in [3.8, 4) is 0 Å². The molecule has 0 aromatic carbocycles. The lowest BCUT2D eigenvalue weighted by molar-refractivity contribution is 0.0948. The maximum atomic E-state index is 11.4. The fraction of sp³-hybridized carbons (Fsp3) is 0.444. The Kier molecular flexibility index (Phi) is 4.69. The van der Waals surface area contributed by atoms with Crippen molar-refractivity contribution in [2.24, 2.45) is 5.73 Å². The second-order valence-electron chi connectivity index (χ2n) is 2.98. The maximum Gasteiger partial charge on any atom is 0.267 e. The zero-order valence-electron chi connectivity index (χ0n) is 7.85. The summed E-state index contributed by atoms with van der Waals surface area (Å²) in [5.41, 5.74) is 5.91. The molecule has 0 radical (unpaired) electrons. The number of H-pyrrole nitrogens is 1. The minimum Gasteiger partial charge on any atom is -0.356 e. The van der Waals surface area contributed by atoms with Crippen LogP contribution in [-0.2, 0) is 0 Å². The van der Waals surface area contributed by atoms with Gasteiger partial charge in [-0.3, -0.25) is 4.79 Å². The van der Waals surface area contributed by atoms with Crippen LogP contribution in [-0.4, -0.2) is 24.0 Å². The summed E-state index contributed by atoms with van der Waals surface area (Å²) >= 11 is 3.27. The highest BCUT2D eigenvalue weighted by atomic mass is 79.9. The quantitative estimate of drug-likeness (QED) is 0.697. The van der Waals surface area contributed by atoms with Gasteiger partial charge in [0.25, 0.3) is 5.91 Å². The van der Waals surface area contributed by atoms with E-state index in [4.69, 9.17) is 5.73 Å². The molecule has 0 spiro atoms. The molecule has 78 valence electrons. The standard InChI is InChI=1S/C9H14BrN3O/c10-7-5-8(13-6-7)9(14)12-4-2-1-3-11/h5-6,13H,1-4,11H2,(H,12,14). The minimum atomic E-state index is -0.0762. The van der Waals surface area contributed by atoms with Gasteiger partial charge in [-0.2, -0.15) is 0 Å². The molecule has 0 aliphatic heterocycles. The third kappa shape index (κ3) is 3.51. The molecule has 1 aromatic heterocycles. The smallest absolute Gasteiger partial charge is 0.267 e. The molecule has 0 saturated carbocycles. The molecule has 1 heterocycles. The molecule has 0 atom stereocenters. The molecular weight excluding hydrogens is 246 g/mol. The average molecular weight is 260 g/mol. The molecule has 0 saturated heterocycles. The average Bonchev–Trinajstić information content (AvgIpc) is 2.59. The predicted octanol–water partition coefficient (Wildman–Crippen LogP) is 1.25. The summed E-state index contributed by atoms with van der Waals surface area (Å²) < 4.78 is 0.879. The van der Waals surface area contributed by atoms with Crippen LogP contribution in [0.2, 0.25) is 0 Å². The summed E-state index contributed by atoms with van der Waals surface area (Å²) in [4.78, 5) is 14.3. The first-order valence-electron chi connectivity index (χ1n) is 4.56. The van der Waals surface area contributed by atoms with Crippen molar-refractivity contribution >= 4 is 21.8 Å². The second-order valence-corrected chi connectivity index (χ2v) is 3.90. The number of aromatic amines is 1. The van der Waals surface area contributed by atoms with E-state index in [0.717, 1.165) is 17.3 Å². The van der Waals surface area contributed by atoms with Crippen molar-refractivity contribution in [2.75, 3.05) is 13.1 Å². The van der Waals surface area contributed by atoms with E-state index < -0.39 is 0 Å². The number of nitrogens with two attached hydrogens (primary N) is 1. The summed E-state index contributed by atoms with van der Waals surface area (Å²) in [5, 5.41) is 2.80. The Morgan fingerprint density at radius 2 is 2.36 bits per heavy atom. The van der Waals surface area contributed by atoms with E-state index in [1.165, 1.54) is 0 Å². The van der Waals surface area contributed by atoms with Crippen LogP contribution < -0.4 is 11.1 Å². The van der Waals surface area contributed by atoms with E-state index in [9.17, 15) is 4.79 Å². The summed E-state index contributed by atoms with van der Waals surface area (Å²) in [6, 6.07) is 1.75. The van der Waals surface area contributed by atoms with Gasteiger partial charge >= 0.3 is 0 Å². The van der Waals surface area contributed by atoms with Gasteiger partial charge in [0.1, 0.15) is 5.69 Å². The molecule has 1 amide bonds. The third-order valence-corrected chi connectivity index (χ3v) is 2.27. The van der Waals surface area contributed by atoms with Crippen molar-refractivity contribution in [1.29, 1.82) is 0 Å². The molecule has 0 unspecified atom stereocenters. The van der Waals surface area contributed by atoms with Gasteiger partial charge in [0.15, 0.2) is 0 Å². The van der Waals surface area contributed by atoms with Crippen LogP contribution in [0.3, 0.4) is 0 Å². The van der Waals surface area contributed by atoms with Gasteiger partial charge in [-0.25, -0.2) is 0 Å². The van der Waals surface area contributed by atoms with Crippen LogP contribution in [0.15, 0.2) is 16.7 Å². The van der Waals surface area contributed by atoms with E-state index in [1.54, 1.807) is 12.3 Å². The van der Waals surface area contributed by atoms with Gasteiger partial charge in [-0.1, -0.05) is 0 Å². The van der Waals surface area contributed by atoms with Crippen LogP contribution in [0.25, 0.3) is 0 Å². The lowest BCUT2D eigenvalue weighted by atomic mass is 10.3. The van der Waals surface area contributed by atoms with Crippen LogP contribution in [0.4, 0.5) is 0 Å². The van der Waals surface area contributed by atoms with Gasteiger partial charge in [-0.05, 0) is 41.4 Å². The van der Waals surface area contributed by atoms with Gasteiger partial charge in [0.2, 0.25) is 0 Å². The van der Waals surface area contributed by atoms with Crippen LogP contribution in [0.1, 0.15) is 23.3 Å². The maximum absolute atomic E-state index is 11.4. The molecular formula is C9H14BrN3O. The van der Waals surface area contributed by atoms with E-state index in [0.29, 0.717) is 18.8 Å². The third-order valence-electron chi connectivity index (χ3n) is 1.81. The van der Waals surface area contributed by atoms with E-state index in [1.807, 2.05) is 0 Å². The molecule has 4 nitrogen and oxygen atoms in total. The number of rotatable bonds is 5. The number of unbranched alkanes of at least 4 members (excludes halogenated alkanes) is 1. The fourth-order valence-electron chi connectivity index (χ4n) is 1.07. The largest absolute Gasteiger partial charge is 0.356 e. The Morgan fingerprint density at radius 1 is 1.57 bits per heavy atom. The number of hydrogen-bond donors (Lipinski definition) is 3. The molecule has 1 rings (SSSR count). The summed E-state index contributed by atoms with van der Waals surface area (Å²) in [6.07, 6.45) is 3.59. The Labute approximate surface area is 91.4 Å². The first kappa shape index (κ1) is 11.3. The van der Waals surface area contributed by atoms with Gasteiger partial charge in [-0.15, -0.1) is 0 Å². The monoisotopic (exact) mass is 259 g/mol. The first-order chi connectivity index (χ1) is 6.74. The number of amides is 1. The normalized spacial score (nSPS) is 10.1. The zero-order valence-corrected chi connectivity index (χ0v) is 9.43. The Morgan fingerprint density at radius 3 is 2.93 bits per heavy atom. The topological polar surface area (TPSA) is 70.9 Å². The summed E-state index contributed by atoms with van der Waals surface area (Å²) in [7, 11) is 0. The molecule has 0 aliphatic carbocycles. The Hall–Kier alpha value is -0.810. The molecule has 5 heteroatoms. The van der Waals surface area contributed by atoms with Crippen LogP contribution in [0, 0.1) is 0 Å². The molecule has 0 bridgehead atoms. The Balaban J connectivity index is 2.29. The molecule has 0 fully saturated rings. The lowest BCUT2D eigenvalue weighted by Crippen LogP contribution is -2.25. The van der Waals surface area contributed by atoms with Crippen molar-refractivity contribution < 1.29 is 4.79 Å². The van der Waals surface area contributed by atoms with E-state index >= 15 is 0 Å². The number of aromatic nitrogens is 1. The molecule has 14 heavy (non-hydrogen) atoms. The number of hydrogen-bond acceptors (Lipinski definition) is 2. The number of halogens is 1. The second kappa shape index (κ2) is 5.82. The summed E-state index contributed by atoms with van der Waals surface area (Å²) in [5.74, 6) is -0.0762. The highest BCUT2D eigenvalue weighted by Gasteiger charge is 2.05. The van der Waals surface area contributed by atoms with Crippen LogP contribution >= 0.6 is 15.9 Å². The lowest BCUT2D eigenvalue weighted by Gasteiger charge is -2.01. The van der Waals surface area contributed by atoms with E-state index in [-0.39, 0.29) is 5.91 Å². The number of carbonyl (C=O) groups excluding carboxylic acids is 1. The highest BCUT2D eigenvalue weighted by Crippen LogP contribution is 2.10. The Bertz CT molecular complexity index is 298. The van der Waals surface area contributed by atoms with Crippen molar-refractivity contribution in [3.63, 3.8) is 0 Å². The van der Waals surface area contributed by atoms with Gasteiger partial charge < -0.3 is 16.0 Å². The van der Waals surface area contributed by atoms with Crippen molar-refractivity contribution in [1.82, 2.24) is 10.3 Å². The number of nitrogens with one attached hydrogen (secondary N) is 2. The van der Waals surface area contributed by atoms with Gasteiger partial charge in [0, 0.05) is 17.2 Å². The molecule has 4 N–H and O–H groups in total. The highest BCUT2D eigenvalue weighted by molar-refractivity contribution is 9.10. The fourth-order valence-corrected chi connectivity index (χ4v) is 1.41. The van der Waals surface area contributed by atoms with Crippen molar-refractivity contribution in [3.05, 3.63) is 22.4 Å². The molecule has 0 aliphatic rings. The number of carbonyl (C=O) groups is 1. The zero-order chi connectivity index (χ0) is 10.4. The first-order valence-corrected chi connectivity index (χ1v) is 5.35. The predicted molar refractivity (Wildman–Crippen MR) is 59.1 cm³/mol. The SMILES string of the molecule is NCCCCNC(=O)c1cc(Br)c[nH]1. The van der Waals surface area contributed by atoms with E-state index in [2.05, 4.69) is 26.2 Å². The van der Waals surface area contributed by atoms with Crippen LogP contribution in [0.5, 0.6) is 0 Å². The minimum absolute atomic E-state index is 0.0762. The van der Waals surface area contributed by atoms with Gasteiger partial charge in [0.05, 0.1) is 0 Å².